The van der Waals surface area contributed by atoms with Crippen molar-refractivity contribution in [3.63, 3.8) is 0 Å². The number of amides is 1. The molecule has 122 valence electrons. The molecule has 2 atom stereocenters. The Kier molecular flexibility index (Phi) is 3.78. The van der Waals surface area contributed by atoms with Crippen LogP contribution in [0.4, 0.5) is 0 Å². The number of aromatic nitrogens is 2. The molecule has 3 aromatic rings. The van der Waals surface area contributed by atoms with Gasteiger partial charge in [-0.2, -0.15) is 0 Å². The topological polar surface area (TPSA) is 58.4 Å². The lowest BCUT2D eigenvalue weighted by Gasteiger charge is -2.20. The van der Waals surface area contributed by atoms with Gasteiger partial charge in [-0.15, -0.1) is 0 Å². The van der Waals surface area contributed by atoms with Crippen LogP contribution in [0.15, 0.2) is 55.0 Å². The molecule has 1 aromatic carbocycles. The minimum atomic E-state index is -0.113. The van der Waals surface area contributed by atoms with Crippen molar-refractivity contribution in [2.45, 2.75) is 18.9 Å². The average molecular weight is 320 g/mol. The van der Waals surface area contributed by atoms with E-state index < -0.39 is 0 Å². The summed E-state index contributed by atoms with van der Waals surface area (Å²) in [5, 5.41) is 6.54. The van der Waals surface area contributed by atoms with Gasteiger partial charge in [-0.1, -0.05) is 30.3 Å². The number of pyridine rings is 1. The predicted molar refractivity (Wildman–Crippen MR) is 93.2 cm³/mol. The fourth-order valence-electron chi connectivity index (χ4n) is 3.39. The van der Waals surface area contributed by atoms with E-state index in [1.54, 1.807) is 6.33 Å². The summed E-state index contributed by atoms with van der Waals surface area (Å²) in [6.45, 7) is 3.66. The van der Waals surface area contributed by atoms with Gasteiger partial charge in [0.05, 0.1) is 5.52 Å². The fourth-order valence-corrected chi connectivity index (χ4v) is 3.39. The zero-order valence-corrected chi connectivity index (χ0v) is 13.6. The number of imidazole rings is 1. The van der Waals surface area contributed by atoms with Crippen LogP contribution in [0, 0.1) is 6.92 Å². The quantitative estimate of drug-likeness (QED) is 0.777. The van der Waals surface area contributed by atoms with Crippen LogP contribution < -0.4 is 10.6 Å². The van der Waals surface area contributed by atoms with Gasteiger partial charge >= 0.3 is 0 Å². The zero-order chi connectivity index (χ0) is 16.5. The Morgan fingerprint density at radius 2 is 2.08 bits per heavy atom. The van der Waals surface area contributed by atoms with Crippen molar-refractivity contribution in [3.8, 4) is 0 Å². The lowest BCUT2D eigenvalue weighted by atomic mass is 9.94. The first kappa shape index (κ1) is 14.9. The highest BCUT2D eigenvalue weighted by Gasteiger charge is 2.30. The van der Waals surface area contributed by atoms with Gasteiger partial charge in [-0.05, 0) is 30.2 Å². The Balaban J connectivity index is 1.58. The highest BCUT2D eigenvalue weighted by atomic mass is 16.2. The maximum Gasteiger partial charge on any atom is 0.272 e. The normalized spacial score (nSPS) is 20.4. The minimum Gasteiger partial charge on any atom is -0.346 e. The second-order valence-electron chi connectivity index (χ2n) is 6.35. The predicted octanol–water partition coefficient (Wildman–Crippen LogP) is 2.13. The summed E-state index contributed by atoms with van der Waals surface area (Å²) in [5.74, 6) is 0.170. The van der Waals surface area contributed by atoms with Crippen molar-refractivity contribution in [1.29, 1.82) is 0 Å². The average Bonchev–Trinajstić information content (AvgIpc) is 3.22. The molecule has 4 rings (SSSR count). The molecule has 0 unspecified atom stereocenters. The summed E-state index contributed by atoms with van der Waals surface area (Å²) < 4.78 is 1.88. The van der Waals surface area contributed by atoms with E-state index in [-0.39, 0.29) is 17.9 Å². The maximum absolute atomic E-state index is 12.7. The number of benzene rings is 1. The molecule has 3 heterocycles. The number of nitrogens with zero attached hydrogens (tertiary/aromatic N) is 2. The van der Waals surface area contributed by atoms with Gasteiger partial charge in [0.25, 0.3) is 5.91 Å². The van der Waals surface area contributed by atoms with Crippen LogP contribution in [-0.4, -0.2) is 34.4 Å². The number of nitrogens with one attached hydrogen (secondary N) is 2. The van der Waals surface area contributed by atoms with Crippen molar-refractivity contribution in [2.24, 2.45) is 0 Å². The van der Waals surface area contributed by atoms with Crippen LogP contribution >= 0.6 is 0 Å². The molecular weight excluding hydrogens is 300 g/mol. The summed E-state index contributed by atoms with van der Waals surface area (Å²) >= 11 is 0. The molecule has 0 aliphatic carbocycles. The third-order valence-electron chi connectivity index (χ3n) is 4.67. The highest BCUT2D eigenvalue weighted by molar-refractivity contribution is 5.99. The number of carbonyl (C=O) groups is 1. The maximum atomic E-state index is 12.7. The third kappa shape index (κ3) is 2.67. The zero-order valence-electron chi connectivity index (χ0n) is 13.6. The van der Waals surface area contributed by atoms with Crippen LogP contribution in [-0.2, 0) is 0 Å². The molecule has 2 N–H and O–H groups in total. The molecule has 0 spiro atoms. The monoisotopic (exact) mass is 320 g/mol. The third-order valence-corrected chi connectivity index (χ3v) is 4.67. The van der Waals surface area contributed by atoms with E-state index in [4.69, 9.17) is 0 Å². The Labute approximate surface area is 140 Å². The van der Waals surface area contributed by atoms with Gasteiger partial charge in [0, 0.05) is 31.2 Å². The van der Waals surface area contributed by atoms with Crippen molar-refractivity contribution in [1.82, 2.24) is 20.0 Å². The molecule has 0 radical (unpaired) electrons. The summed E-state index contributed by atoms with van der Waals surface area (Å²) in [5.41, 5.74) is 3.69. The lowest BCUT2D eigenvalue weighted by Crippen LogP contribution is -2.39. The van der Waals surface area contributed by atoms with Crippen molar-refractivity contribution in [3.05, 3.63) is 71.8 Å². The second-order valence-corrected chi connectivity index (χ2v) is 6.35. The van der Waals surface area contributed by atoms with Crippen LogP contribution in [0.5, 0.6) is 0 Å². The van der Waals surface area contributed by atoms with Gasteiger partial charge in [0.15, 0.2) is 5.69 Å². The van der Waals surface area contributed by atoms with Crippen LogP contribution in [0.1, 0.15) is 27.5 Å². The molecule has 2 aromatic heterocycles. The van der Waals surface area contributed by atoms with E-state index in [2.05, 4.69) is 27.8 Å². The Hall–Kier alpha value is -2.66. The van der Waals surface area contributed by atoms with Crippen LogP contribution in [0.3, 0.4) is 0 Å². The molecule has 1 saturated heterocycles. The Morgan fingerprint density at radius 1 is 1.25 bits per heavy atom. The second kappa shape index (κ2) is 6.09. The number of fused-ring (bicyclic) bond motifs is 1. The molecule has 24 heavy (non-hydrogen) atoms. The smallest absolute Gasteiger partial charge is 0.272 e. The Morgan fingerprint density at radius 3 is 2.92 bits per heavy atom. The first-order valence-electron chi connectivity index (χ1n) is 8.22. The summed E-state index contributed by atoms with van der Waals surface area (Å²) in [4.78, 5) is 17.1. The number of hydrogen-bond acceptors (Lipinski definition) is 3. The van der Waals surface area contributed by atoms with Gasteiger partial charge in [-0.25, -0.2) is 4.98 Å². The molecule has 1 fully saturated rings. The fraction of sp³-hybridized carbons (Fsp3) is 0.263. The number of carbonyl (C=O) groups excluding carboxylic acids is 1. The van der Waals surface area contributed by atoms with E-state index in [1.807, 2.05) is 47.9 Å². The molecule has 0 saturated carbocycles. The summed E-state index contributed by atoms with van der Waals surface area (Å²) in [7, 11) is 0. The molecular formula is C19H20N4O. The highest BCUT2D eigenvalue weighted by Crippen LogP contribution is 2.23. The Bertz CT molecular complexity index is 871. The summed E-state index contributed by atoms with van der Waals surface area (Å²) in [6, 6.07) is 14.4. The van der Waals surface area contributed by atoms with Gasteiger partial charge in [0.2, 0.25) is 0 Å². The number of hydrogen-bond donors (Lipinski definition) is 2. The van der Waals surface area contributed by atoms with Gasteiger partial charge in [-0.3, -0.25) is 4.79 Å². The minimum absolute atomic E-state index is 0.0708. The number of aryl methyl sites for hydroxylation is 1. The van der Waals surface area contributed by atoms with E-state index in [0.29, 0.717) is 5.69 Å². The largest absolute Gasteiger partial charge is 0.346 e. The van der Waals surface area contributed by atoms with E-state index in [9.17, 15) is 4.79 Å². The molecule has 1 aliphatic rings. The number of rotatable bonds is 3. The van der Waals surface area contributed by atoms with Crippen molar-refractivity contribution < 1.29 is 4.79 Å². The van der Waals surface area contributed by atoms with Gasteiger partial charge < -0.3 is 15.0 Å². The van der Waals surface area contributed by atoms with E-state index in [0.717, 1.165) is 24.2 Å². The molecule has 1 aliphatic heterocycles. The van der Waals surface area contributed by atoms with Crippen molar-refractivity contribution in [2.75, 3.05) is 13.1 Å². The van der Waals surface area contributed by atoms with Crippen LogP contribution in [0.2, 0.25) is 0 Å². The lowest BCUT2D eigenvalue weighted by molar-refractivity contribution is 0.0934. The summed E-state index contributed by atoms with van der Waals surface area (Å²) in [6.07, 6.45) is 3.61. The van der Waals surface area contributed by atoms with Gasteiger partial charge in [0.1, 0.15) is 6.33 Å². The van der Waals surface area contributed by atoms with E-state index >= 15 is 0 Å². The molecule has 0 bridgehead atoms. The SMILES string of the molecule is Cc1ccn2cnc(C(=O)N[C@@H]3CNC[C@H]3c3ccccc3)c2c1. The van der Waals surface area contributed by atoms with Crippen molar-refractivity contribution >= 4 is 11.4 Å². The van der Waals surface area contributed by atoms with E-state index in [1.165, 1.54) is 5.56 Å². The first-order chi connectivity index (χ1) is 11.7. The standard InChI is InChI=1S/C19H20N4O/c1-13-7-8-23-12-21-18(17(23)9-13)19(24)22-16-11-20-10-15(16)14-5-3-2-4-6-14/h2-9,12,15-16,20H,10-11H2,1H3,(H,22,24)/t15-,16+/m0/s1. The molecule has 1 amide bonds. The first-order valence-corrected chi connectivity index (χ1v) is 8.22. The molecule has 5 heteroatoms. The molecule has 5 nitrogen and oxygen atoms in total. The van der Waals surface area contributed by atoms with Crippen LogP contribution in [0.25, 0.3) is 5.52 Å².